The zero-order valence-electron chi connectivity index (χ0n) is 7.01. The Morgan fingerprint density at radius 1 is 1.14 bits per heavy atom. The Bertz CT molecular complexity index is 371. The molecule has 5 nitrogen and oxygen atoms in total. The van der Waals surface area contributed by atoms with E-state index in [0.29, 0.717) is 0 Å². The summed E-state index contributed by atoms with van der Waals surface area (Å²) < 4.78 is 0. The zero-order chi connectivity index (χ0) is 10.7. The van der Waals surface area contributed by atoms with E-state index in [2.05, 4.69) is 0 Å². The Labute approximate surface area is 79.2 Å². The molecule has 0 saturated heterocycles. The fourth-order valence-electron chi connectivity index (χ4n) is 0.934. The molecule has 0 atom stereocenters. The van der Waals surface area contributed by atoms with Gasteiger partial charge in [-0.2, -0.15) is 0 Å². The molecule has 1 aromatic carbocycles. The van der Waals surface area contributed by atoms with Crippen LogP contribution >= 0.6 is 0 Å². The largest absolute Gasteiger partial charge is 0.508 e. The number of hydrogen-bond acceptors (Lipinski definition) is 4. The van der Waals surface area contributed by atoms with Crippen LogP contribution in [0.5, 0.6) is 17.2 Å². The summed E-state index contributed by atoms with van der Waals surface area (Å²) in [4.78, 5) is 10.2. The highest BCUT2D eigenvalue weighted by Gasteiger charge is 2.06. The average Bonchev–Trinajstić information content (AvgIpc) is 2.01. The first-order valence-corrected chi connectivity index (χ1v) is 3.66. The SMILES string of the molecule is O=C(O)/C=C/c1c(O)cc(O)cc1O. The van der Waals surface area contributed by atoms with Gasteiger partial charge in [0.1, 0.15) is 17.2 Å². The molecule has 0 heterocycles. The quantitative estimate of drug-likeness (QED) is 0.527. The van der Waals surface area contributed by atoms with E-state index in [1.54, 1.807) is 0 Å². The van der Waals surface area contributed by atoms with Crippen molar-refractivity contribution in [1.29, 1.82) is 0 Å². The molecule has 0 bridgehead atoms. The average molecular weight is 196 g/mol. The van der Waals surface area contributed by atoms with E-state index in [1.165, 1.54) is 0 Å². The van der Waals surface area contributed by atoms with Crippen LogP contribution in [0.25, 0.3) is 6.08 Å². The Balaban J connectivity index is 3.15. The number of phenolic OH excluding ortho intramolecular Hbond substituents is 3. The third-order valence-corrected chi connectivity index (χ3v) is 1.51. The highest BCUT2D eigenvalue weighted by atomic mass is 16.4. The van der Waals surface area contributed by atoms with Gasteiger partial charge < -0.3 is 20.4 Å². The van der Waals surface area contributed by atoms with E-state index in [0.717, 1.165) is 24.3 Å². The molecule has 1 rings (SSSR count). The first-order valence-electron chi connectivity index (χ1n) is 3.66. The van der Waals surface area contributed by atoms with Crippen LogP contribution in [0.3, 0.4) is 0 Å². The summed E-state index contributed by atoms with van der Waals surface area (Å²) in [5.41, 5.74) is -0.0507. The van der Waals surface area contributed by atoms with Crippen LogP contribution < -0.4 is 0 Å². The molecule has 74 valence electrons. The van der Waals surface area contributed by atoms with Crippen LogP contribution in [-0.2, 0) is 4.79 Å². The van der Waals surface area contributed by atoms with E-state index in [9.17, 15) is 15.0 Å². The molecule has 1 aromatic rings. The van der Waals surface area contributed by atoms with Crippen LogP contribution in [0.2, 0.25) is 0 Å². The first-order chi connectivity index (χ1) is 6.50. The van der Waals surface area contributed by atoms with Crippen molar-refractivity contribution >= 4 is 12.0 Å². The second-order valence-electron chi connectivity index (χ2n) is 2.57. The number of rotatable bonds is 2. The van der Waals surface area contributed by atoms with E-state index in [4.69, 9.17) is 10.2 Å². The molecule has 0 aliphatic carbocycles. The normalized spacial score (nSPS) is 10.6. The predicted octanol–water partition coefficient (Wildman–Crippen LogP) is 0.901. The summed E-state index contributed by atoms with van der Waals surface area (Å²) >= 11 is 0. The van der Waals surface area contributed by atoms with Gasteiger partial charge in [-0.1, -0.05) is 0 Å². The van der Waals surface area contributed by atoms with Gasteiger partial charge in [-0.3, -0.25) is 0 Å². The van der Waals surface area contributed by atoms with Gasteiger partial charge in [-0.25, -0.2) is 4.79 Å². The first kappa shape index (κ1) is 9.91. The third kappa shape index (κ3) is 2.16. The molecule has 0 aliphatic rings. The van der Waals surface area contributed by atoms with Crippen molar-refractivity contribution in [1.82, 2.24) is 0 Å². The number of carboxylic acid groups (broad SMARTS) is 1. The van der Waals surface area contributed by atoms with E-state index < -0.39 is 5.97 Å². The highest BCUT2D eigenvalue weighted by molar-refractivity contribution is 5.86. The summed E-state index contributed by atoms with van der Waals surface area (Å²) in [5, 5.41) is 35.7. The van der Waals surface area contributed by atoms with Crippen molar-refractivity contribution < 1.29 is 25.2 Å². The van der Waals surface area contributed by atoms with Crippen molar-refractivity contribution in [3.63, 3.8) is 0 Å². The molecule has 0 radical (unpaired) electrons. The lowest BCUT2D eigenvalue weighted by Crippen LogP contribution is -1.86. The number of hydrogen-bond donors (Lipinski definition) is 4. The Morgan fingerprint density at radius 2 is 1.64 bits per heavy atom. The van der Waals surface area contributed by atoms with Gasteiger partial charge in [0.25, 0.3) is 0 Å². The Hall–Kier alpha value is -2.17. The fourth-order valence-corrected chi connectivity index (χ4v) is 0.934. The van der Waals surface area contributed by atoms with E-state index >= 15 is 0 Å². The fraction of sp³-hybridized carbons (Fsp3) is 0. The lowest BCUT2D eigenvalue weighted by atomic mass is 10.1. The number of phenols is 3. The van der Waals surface area contributed by atoms with Crippen LogP contribution in [0, 0.1) is 0 Å². The monoisotopic (exact) mass is 196 g/mol. The molecule has 0 spiro atoms. The van der Waals surface area contributed by atoms with Crippen molar-refractivity contribution in [3.05, 3.63) is 23.8 Å². The van der Waals surface area contributed by atoms with Crippen molar-refractivity contribution in [3.8, 4) is 17.2 Å². The van der Waals surface area contributed by atoms with Gasteiger partial charge in [0.2, 0.25) is 0 Å². The summed E-state index contributed by atoms with van der Waals surface area (Å²) in [5.74, 6) is -2.27. The number of aromatic hydroxyl groups is 3. The van der Waals surface area contributed by atoms with Crippen LogP contribution in [-0.4, -0.2) is 26.4 Å². The maximum atomic E-state index is 10.2. The molecule has 0 amide bonds. The van der Waals surface area contributed by atoms with Crippen LogP contribution in [0.1, 0.15) is 5.56 Å². The summed E-state index contributed by atoms with van der Waals surface area (Å²) in [7, 11) is 0. The van der Waals surface area contributed by atoms with Crippen molar-refractivity contribution in [2.75, 3.05) is 0 Å². The molecule has 5 heteroatoms. The lowest BCUT2D eigenvalue weighted by Gasteiger charge is -2.02. The molecular weight excluding hydrogens is 188 g/mol. The van der Waals surface area contributed by atoms with Gasteiger partial charge in [0.05, 0.1) is 5.56 Å². The molecule has 14 heavy (non-hydrogen) atoms. The molecule has 0 aliphatic heterocycles. The maximum absolute atomic E-state index is 10.2. The van der Waals surface area contributed by atoms with Gasteiger partial charge in [0, 0.05) is 18.2 Å². The Kier molecular flexibility index (Phi) is 2.62. The number of benzene rings is 1. The predicted molar refractivity (Wildman–Crippen MR) is 48.1 cm³/mol. The van der Waals surface area contributed by atoms with Gasteiger partial charge in [0.15, 0.2) is 0 Å². The molecule has 0 unspecified atom stereocenters. The Morgan fingerprint density at radius 3 is 2.07 bits per heavy atom. The molecule has 4 N–H and O–H groups in total. The second kappa shape index (κ2) is 3.69. The lowest BCUT2D eigenvalue weighted by molar-refractivity contribution is -0.131. The standard InChI is InChI=1S/C9H8O5/c10-5-3-7(11)6(8(12)4-5)1-2-9(13)14/h1-4,10-12H,(H,13,14)/b2-1+. The number of carbonyl (C=O) groups is 1. The van der Waals surface area contributed by atoms with Crippen molar-refractivity contribution in [2.24, 2.45) is 0 Å². The topological polar surface area (TPSA) is 98.0 Å². The molecule has 0 saturated carbocycles. The minimum Gasteiger partial charge on any atom is -0.508 e. The summed E-state index contributed by atoms with van der Waals surface area (Å²) in [6.07, 6.45) is 1.80. The molecular formula is C9H8O5. The number of aliphatic carboxylic acids is 1. The zero-order valence-corrected chi connectivity index (χ0v) is 7.01. The maximum Gasteiger partial charge on any atom is 0.328 e. The van der Waals surface area contributed by atoms with E-state index in [-0.39, 0.29) is 22.8 Å². The van der Waals surface area contributed by atoms with Gasteiger partial charge in [-0.15, -0.1) is 0 Å². The minimum absolute atomic E-state index is 0.0507. The third-order valence-electron chi connectivity index (χ3n) is 1.51. The summed E-state index contributed by atoms with van der Waals surface area (Å²) in [6.45, 7) is 0. The van der Waals surface area contributed by atoms with Crippen molar-refractivity contribution in [2.45, 2.75) is 0 Å². The smallest absolute Gasteiger partial charge is 0.328 e. The summed E-state index contributed by atoms with van der Waals surface area (Å²) in [6, 6.07) is 2.00. The van der Waals surface area contributed by atoms with Gasteiger partial charge >= 0.3 is 5.97 Å². The van der Waals surface area contributed by atoms with Crippen LogP contribution in [0.15, 0.2) is 18.2 Å². The second-order valence-corrected chi connectivity index (χ2v) is 2.57. The number of carboxylic acids is 1. The minimum atomic E-state index is -1.20. The molecule has 0 aromatic heterocycles. The van der Waals surface area contributed by atoms with Crippen LogP contribution in [0.4, 0.5) is 0 Å². The highest BCUT2D eigenvalue weighted by Crippen LogP contribution is 2.32. The van der Waals surface area contributed by atoms with E-state index in [1.807, 2.05) is 0 Å². The molecule has 0 fully saturated rings. The van der Waals surface area contributed by atoms with Gasteiger partial charge in [-0.05, 0) is 6.08 Å².